The summed E-state index contributed by atoms with van der Waals surface area (Å²) in [5, 5.41) is 8.56. The number of carbonyl (C=O) groups is 2. The third kappa shape index (κ3) is 5.91. The average Bonchev–Trinajstić information content (AvgIpc) is 2.61. The molecule has 1 N–H and O–H groups in total. The Balaban J connectivity index is 2.09. The van der Waals surface area contributed by atoms with Crippen molar-refractivity contribution in [3.05, 3.63) is 64.7 Å². The number of carboxylic acids is 1. The van der Waals surface area contributed by atoms with Crippen LogP contribution in [0.3, 0.4) is 0 Å². The highest BCUT2D eigenvalue weighted by Gasteiger charge is 2.11. The summed E-state index contributed by atoms with van der Waals surface area (Å²) in [5.74, 6) is -0.874. The summed E-state index contributed by atoms with van der Waals surface area (Å²) in [4.78, 5) is 22.7. The lowest BCUT2D eigenvalue weighted by atomic mass is 10.0. The summed E-state index contributed by atoms with van der Waals surface area (Å²) in [6.45, 7) is -0.0517. The van der Waals surface area contributed by atoms with Crippen LogP contribution in [0.15, 0.2) is 42.5 Å². The Morgan fingerprint density at radius 3 is 2.22 bits per heavy atom. The number of hydrogen-bond acceptors (Lipinski definition) is 4. The molecule has 0 fully saturated rings. The maximum absolute atomic E-state index is 12.4. The van der Waals surface area contributed by atoms with E-state index in [-0.39, 0.29) is 11.5 Å². The molecule has 0 spiro atoms. The first-order chi connectivity index (χ1) is 12.8. The van der Waals surface area contributed by atoms with Gasteiger partial charge in [-0.05, 0) is 73.0 Å². The molecule has 0 aliphatic heterocycles. The summed E-state index contributed by atoms with van der Waals surface area (Å²) in [5.41, 5.74) is 2.17. The van der Waals surface area contributed by atoms with Crippen LogP contribution in [0, 0.1) is 13.8 Å². The van der Waals surface area contributed by atoms with Crippen molar-refractivity contribution in [3.63, 3.8) is 0 Å². The molecule has 5 nitrogen and oxygen atoms in total. The quantitative estimate of drug-likeness (QED) is 0.550. The Kier molecular flexibility index (Phi) is 6.65. The van der Waals surface area contributed by atoms with Crippen LogP contribution >= 0.6 is 0 Å². The molecule has 142 valence electrons. The van der Waals surface area contributed by atoms with E-state index in [0.717, 1.165) is 0 Å². The van der Waals surface area contributed by atoms with Crippen LogP contribution in [0.5, 0.6) is 11.5 Å². The molecular weight excluding hydrogens is 358 g/mol. The van der Waals surface area contributed by atoms with Gasteiger partial charge in [0.05, 0.1) is 0 Å². The van der Waals surface area contributed by atoms with Gasteiger partial charge in [0.15, 0.2) is 12.4 Å². The van der Waals surface area contributed by atoms with Gasteiger partial charge in [-0.3, -0.25) is 4.79 Å². The molecule has 0 unspecified atom stereocenters. The van der Waals surface area contributed by atoms with Crippen LogP contribution in [-0.2, 0) is 4.79 Å². The predicted molar refractivity (Wildman–Crippen MR) is 95.5 cm³/mol. The zero-order valence-corrected chi connectivity index (χ0v) is 14.7. The molecule has 0 amide bonds. The van der Waals surface area contributed by atoms with Crippen LogP contribution in [0.25, 0.3) is 6.08 Å². The second-order valence-corrected chi connectivity index (χ2v) is 5.77. The van der Waals surface area contributed by atoms with Gasteiger partial charge in [0.2, 0.25) is 0 Å². The molecule has 27 heavy (non-hydrogen) atoms. The van der Waals surface area contributed by atoms with Gasteiger partial charge < -0.3 is 14.6 Å². The van der Waals surface area contributed by atoms with E-state index in [0.29, 0.717) is 28.0 Å². The van der Waals surface area contributed by atoms with Crippen molar-refractivity contribution < 1.29 is 33.0 Å². The van der Waals surface area contributed by atoms with Crippen LogP contribution in [0.1, 0.15) is 27.0 Å². The van der Waals surface area contributed by atoms with E-state index >= 15 is 0 Å². The first-order valence-electron chi connectivity index (χ1n) is 7.99. The minimum absolute atomic E-state index is 0.130. The van der Waals surface area contributed by atoms with Crippen LogP contribution in [0.2, 0.25) is 0 Å². The van der Waals surface area contributed by atoms with Gasteiger partial charge in [0.1, 0.15) is 11.5 Å². The standard InChI is InChI=1S/C20H18F2O5/c1-12-9-14(10-13(2)19(12)27-20(21)22)3-8-17(23)15-4-6-16(7-5-15)26-11-18(24)25/h3-10,20H,11H2,1-2H3,(H,24,25)/b8-3+. The summed E-state index contributed by atoms with van der Waals surface area (Å²) >= 11 is 0. The van der Waals surface area contributed by atoms with Gasteiger partial charge in [-0.1, -0.05) is 6.08 Å². The number of carboxylic acid groups (broad SMARTS) is 1. The van der Waals surface area contributed by atoms with Crippen LogP contribution in [-0.4, -0.2) is 30.1 Å². The Bertz CT molecular complexity index is 834. The molecule has 2 aromatic carbocycles. The van der Waals surface area contributed by atoms with Crippen molar-refractivity contribution in [3.8, 4) is 11.5 Å². The number of allylic oxidation sites excluding steroid dienone is 1. The Morgan fingerprint density at radius 2 is 1.70 bits per heavy atom. The fourth-order valence-electron chi connectivity index (χ4n) is 2.48. The summed E-state index contributed by atoms with van der Waals surface area (Å²) < 4.78 is 34.3. The highest BCUT2D eigenvalue weighted by molar-refractivity contribution is 6.06. The first kappa shape index (κ1) is 20.1. The van der Waals surface area contributed by atoms with Crippen LogP contribution < -0.4 is 9.47 Å². The van der Waals surface area contributed by atoms with Gasteiger partial charge >= 0.3 is 12.6 Å². The maximum Gasteiger partial charge on any atom is 0.387 e. The molecule has 0 aromatic heterocycles. The van der Waals surface area contributed by atoms with E-state index < -0.39 is 19.2 Å². The molecule has 0 bridgehead atoms. The normalized spacial score (nSPS) is 11.0. The van der Waals surface area contributed by atoms with E-state index in [1.54, 1.807) is 32.1 Å². The number of hydrogen-bond donors (Lipinski definition) is 1. The molecule has 0 atom stereocenters. The zero-order chi connectivity index (χ0) is 20.0. The smallest absolute Gasteiger partial charge is 0.387 e. The van der Waals surface area contributed by atoms with Crippen molar-refractivity contribution in [1.29, 1.82) is 0 Å². The van der Waals surface area contributed by atoms with E-state index in [1.807, 2.05) is 0 Å². The zero-order valence-electron chi connectivity index (χ0n) is 14.7. The number of halogens is 2. The number of rotatable bonds is 8. The first-order valence-corrected chi connectivity index (χ1v) is 7.99. The summed E-state index contributed by atoms with van der Waals surface area (Å²) in [7, 11) is 0. The molecule has 2 rings (SSSR count). The molecule has 7 heteroatoms. The molecule has 0 aliphatic rings. The van der Waals surface area contributed by atoms with E-state index in [4.69, 9.17) is 9.84 Å². The number of ether oxygens (including phenoxy) is 2. The SMILES string of the molecule is Cc1cc(/C=C/C(=O)c2ccc(OCC(=O)O)cc2)cc(C)c1OC(F)F. The minimum Gasteiger partial charge on any atom is -0.482 e. The Morgan fingerprint density at radius 1 is 1.11 bits per heavy atom. The minimum atomic E-state index is -2.90. The second kappa shape index (κ2) is 8.93. The molecule has 0 heterocycles. The Labute approximate surface area is 154 Å². The van der Waals surface area contributed by atoms with Crippen LogP contribution in [0.4, 0.5) is 8.78 Å². The topological polar surface area (TPSA) is 72.8 Å². The molecule has 0 radical (unpaired) electrons. The fraction of sp³-hybridized carbons (Fsp3) is 0.200. The van der Waals surface area contributed by atoms with Gasteiger partial charge in [-0.25, -0.2) is 4.79 Å². The molecule has 0 saturated carbocycles. The number of aryl methyl sites for hydroxylation is 2. The van der Waals surface area contributed by atoms with Crippen molar-refractivity contribution in [2.75, 3.05) is 6.61 Å². The number of ketones is 1. The van der Waals surface area contributed by atoms with E-state index in [9.17, 15) is 18.4 Å². The third-order valence-corrected chi connectivity index (χ3v) is 3.62. The fourth-order valence-corrected chi connectivity index (χ4v) is 2.48. The summed E-state index contributed by atoms with van der Waals surface area (Å²) in [6, 6.07) is 9.37. The predicted octanol–water partition coefficient (Wildman–Crippen LogP) is 4.26. The maximum atomic E-state index is 12.4. The third-order valence-electron chi connectivity index (χ3n) is 3.62. The van der Waals surface area contributed by atoms with Gasteiger partial charge in [0.25, 0.3) is 0 Å². The van der Waals surface area contributed by atoms with Gasteiger partial charge in [-0.2, -0.15) is 8.78 Å². The lowest BCUT2D eigenvalue weighted by Crippen LogP contribution is -2.09. The second-order valence-electron chi connectivity index (χ2n) is 5.77. The lowest BCUT2D eigenvalue weighted by molar-refractivity contribution is -0.139. The van der Waals surface area contributed by atoms with Crippen molar-refractivity contribution in [1.82, 2.24) is 0 Å². The van der Waals surface area contributed by atoms with Crippen molar-refractivity contribution in [2.45, 2.75) is 20.5 Å². The van der Waals surface area contributed by atoms with Crippen molar-refractivity contribution in [2.24, 2.45) is 0 Å². The molecule has 2 aromatic rings. The highest BCUT2D eigenvalue weighted by atomic mass is 19.3. The van der Waals surface area contributed by atoms with Gasteiger partial charge in [0, 0.05) is 5.56 Å². The Hall–Kier alpha value is -3.22. The van der Waals surface area contributed by atoms with E-state index in [2.05, 4.69) is 4.74 Å². The molecular formula is C20H18F2O5. The number of alkyl halides is 2. The van der Waals surface area contributed by atoms with Crippen molar-refractivity contribution >= 4 is 17.8 Å². The van der Waals surface area contributed by atoms with E-state index in [1.165, 1.54) is 30.3 Å². The lowest BCUT2D eigenvalue weighted by Gasteiger charge is -2.12. The molecule has 0 aliphatic carbocycles. The average molecular weight is 376 g/mol. The number of aliphatic carboxylic acids is 1. The monoisotopic (exact) mass is 376 g/mol. The molecule has 0 saturated heterocycles. The summed E-state index contributed by atoms with van der Waals surface area (Å²) in [6.07, 6.45) is 2.96. The highest BCUT2D eigenvalue weighted by Crippen LogP contribution is 2.27. The van der Waals surface area contributed by atoms with Gasteiger partial charge in [-0.15, -0.1) is 0 Å². The number of benzene rings is 2. The number of carbonyl (C=O) groups excluding carboxylic acids is 1. The largest absolute Gasteiger partial charge is 0.482 e.